The molecule has 0 spiro atoms. The fourth-order valence-electron chi connectivity index (χ4n) is 1.52. The van der Waals surface area contributed by atoms with Gasteiger partial charge in [0.15, 0.2) is 0 Å². The second-order valence-corrected chi connectivity index (χ2v) is 2.83. The molecule has 3 heteroatoms. The molecule has 0 aliphatic carbocycles. The van der Waals surface area contributed by atoms with Crippen LogP contribution in [0.5, 0.6) is 0 Å². The van der Waals surface area contributed by atoms with Crippen molar-refractivity contribution in [3.63, 3.8) is 0 Å². The van der Waals surface area contributed by atoms with Gasteiger partial charge in [0, 0.05) is 12.1 Å². The van der Waals surface area contributed by atoms with E-state index in [4.69, 9.17) is 0 Å². The summed E-state index contributed by atoms with van der Waals surface area (Å²) in [5.74, 6) is 0. The molecule has 0 fully saturated rings. The summed E-state index contributed by atoms with van der Waals surface area (Å²) < 4.78 is 0. The van der Waals surface area contributed by atoms with E-state index >= 15 is 0 Å². The summed E-state index contributed by atoms with van der Waals surface area (Å²) in [6.45, 7) is 0. The van der Waals surface area contributed by atoms with Crippen LogP contribution >= 0.6 is 0 Å². The van der Waals surface area contributed by atoms with Gasteiger partial charge in [-0.25, -0.2) is 0 Å². The molecule has 62 valence electrons. The molecule has 3 nitrogen and oxygen atoms in total. The van der Waals surface area contributed by atoms with Crippen molar-refractivity contribution in [2.75, 3.05) is 4.90 Å². The summed E-state index contributed by atoms with van der Waals surface area (Å²) >= 11 is 0. The molecule has 0 unspecified atom stereocenters. The van der Waals surface area contributed by atoms with E-state index in [1.54, 1.807) is 0 Å². The number of carbonyl (C=O) groups is 1. The number of anilines is 1. The lowest BCUT2D eigenvalue weighted by molar-refractivity contribution is -0.108. The average molecular weight is 163 g/mol. The van der Waals surface area contributed by atoms with Crippen LogP contribution in [-0.4, -0.2) is 17.7 Å². The van der Waals surface area contributed by atoms with Crippen molar-refractivity contribution in [3.8, 4) is 0 Å². The number of hydrogen-bond acceptors (Lipinski definition) is 2. The molecule has 1 aromatic carbocycles. The predicted octanol–water partition coefficient (Wildman–Crippen LogP) is 0.524. The Morgan fingerprint density at radius 3 is 3.00 bits per heavy atom. The molecule has 0 saturated heterocycles. The van der Waals surface area contributed by atoms with Gasteiger partial charge in [-0.1, -0.05) is 18.2 Å². The first-order chi connectivity index (χ1) is 5.83. The largest absolute Gasteiger partial charge is 0.373 e. The van der Waals surface area contributed by atoms with Gasteiger partial charge < -0.3 is 5.11 Å². The third kappa shape index (κ3) is 0.905. The Labute approximate surface area is 70.2 Å². The third-order valence-electron chi connectivity index (χ3n) is 2.11. The highest BCUT2D eigenvalue weighted by Gasteiger charge is 2.26. The van der Waals surface area contributed by atoms with Crippen LogP contribution in [0.15, 0.2) is 24.3 Å². The Hall–Kier alpha value is -1.35. The molecule has 0 aromatic heterocycles. The summed E-state index contributed by atoms with van der Waals surface area (Å²) in [5, 5.41) is 9.41. The third-order valence-corrected chi connectivity index (χ3v) is 2.11. The van der Waals surface area contributed by atoms with Crippen LogP contribution in [0.4, 0.5) is 5.69 Å². The van der Waals surface area contributed by atoms with Gasteiger partial charge in [0.05, 0.1) is 0 Å². The zero-order chi connectivity index (χ0) is 8.55. The maximum atomic E-state index is 10.5. The minimum absolute atomic E-state index is 0.537. The highest BCUT2D eigenvalue weighted by molar-refractivity contribution is 5.80. The summed E-state index contributed by atoms with van der Waals surface area (Å²) in [4.78, 5) is 11.9. The number of carbonyl (C=O) groups excluding carboxylic acids is 1. The average Bonchev–Trinajstić information content (AvgIpc) is 2.40. The van der Waals surface area contributed by atoms with Gasteiger partial charge in [-0.15, -0.1) is 0 Å². The van der Waals surface area contributed by atoms with Crippen molar-refractivity contribution in [3.05, 3.63) is 29.8 Å². The molecule has 2 rings (SSSR count). The van der Waals surface area contributed by atoms with E-state index in [1.807, 2.05) is 24.3 Å². The lowest BCUT2D eigenvalue weighted by Gasteiger charge is -2.14. The van der Waals surface area contributed by atoms with E-state index in [0.29, 0.717) is 12.8 Å². The van der Waals surface area contributed by atoms with Gasteiger partial charge in [0.25, 0.3) is 0 Å². The van der Waals surface area contributed by atoms with Crippen LogP contribution in [0.2, 0.25) is 0 Å². The number of rotatable bonds is 1. The number of benzene rings is 1. The van der Waals surface area contributed by atoms with E-state index in [0.717, 1.165) is 11.3 Å². The summed E-state index contributed by atoms with van der Waals surface area (Å²) in [6.07, 6.45) is 0.519. The zero-order valence-electron chi connectivity index (χ0n) is 6.47. The van der Waals surface area contributed by atoms with Crippen LogP contribution in [0, 0.1) is 0 Å². The Kier molecular flexibility index (Phi) is 1.59. The molecular formula is C9H9NO2. The fraction of sp³-hybridized carbons (Fsp3) is 0.222. The minimum Gasteiger partial charge on any atom is -0.373 e. The molecule has 1 aliphatic rings. The first-order valence-corrected chi connectivity index (χ1v) is 3.82. The molecule has 1 aliphatic heterocycles. The minimum atomic E-state index is -0.681. The Morgan fingerprint density at radius 2 is 2.25 bits per heavy atom. The fourth-order valence-corrected chi connectivity index (χ4v) is 1.52. The Morgan fingerprint density at radius 1 is 1.50 bits per heavy atom. The van der Waals surface area contributed by atoms with Gasteiger partial charge in [-0.05, 0) is 11.6 Å². The number of para-hydroxylation sites is 1. The van der Waals surface area contributed by atoms with Crippen molar-refractivity contribution < 1.29 is 9.90 Å². The van der Waals surface area contributed by atoms with E-state index in [1.165, 1.54) is 4.90 Å². The SMILES string of the molecule is O=CN1c2ccccc2C[C@H]1O. The maximum Gasteiger partial charge on any atom is 0.216 e. The van der Waals surface area contributed by atoms with E-state index in [9.17, 15) is 9.90 Å². The zero-order valence-corrected chi connectivity index (χ0v) is 6.47. The second-order valence-electron chi connectivity index (χ2n) is 2.83. The molecule has 1 atom stereocenters. The number of aliphatic hydroxyl groups is 1. The standard InChI is InChI=1S/C9H9NO2/c11-6-10-8-4-2-1-3-7(8)5-9(10)12/h1-4,6,9,12H,5H2/t9-/m1/s1. The van der Waals surface area contributed by atoms with Crippen LogP contribution < -0.4 is 4.90 Å². The molecule has 0 saturated carbocycles. The van der Waals surface area contributed by atoms with Crippen molar-refractivity contribution in [1.29, 1.82) is 0 Å². The summed E-state index contributed by atoms with van der Waals surface area (Å²) in [5.41, 5.74) is 1.84. The summed E-state index contributed by atoms with van der Waals surface area (Å²) in [6, 6.07) is 7.51. The van der Waals surface area contributed by atoms with E-state index in [-0.39, 0.29) is 0 Å². The maximum absolute atomic E-state index is 10.5. The smallest absolute Gasteiger partial charge is 0.216 e. The van der Waals surface area contributed by atoms with Crippen LogP contribution in [0.25, 0.3) is 0 Å². The van der Waals surface area contributed by atoms with Crippen LogP contribution in [0.1, 0.15) is 5.56 Å². The first-order valence-electron chi connectivity index (χ1n) is 3.82. The number of aliphatic hydroxyl groups excluding tert-OH is 1. The topological polar surface area (TPSA) is 40.5 Å². The quantitative estimate of drug-likeness (QED) is 0.613. The molecule has 1 amide bonds. The van der Waals surface area contributed by atoms with Crippen molar-refractivity contribution in [2.24, 2.45) is 0 Å². The van der Waals surface area contributed by atoms with Crippen molar-refractivity contribution >= 4 is 12.1 Å². The highest BCUT2D eigenvalue weighted by atomic mass is 16.3. The van der Waals surface area contributed by atoms with Crippen LogP contribution in [-0.2, 0) is 11.2 Å². The lowest BCUT2D eigenvalue weighted by atomic mass is 10.2. The normalized spacial score (nSPS) is 20.8. The molecule has 0 radical (unpaired) electrons. The van der Waals surface area contributed by atoms with Gasteiger partial charge in [-0.2, -0.15) is 0 Å². The number of hydrogen-bond donors (Lipinski definition) is 1. The van der Waals surface area contributed by atoms with Gasteiger partial charge in [0.1, 0.15) is 6.23 Å². The Balaban J connectivity index is 2.47. The molecule has 1 heterocycles. The highest BCUT2D eigenvalue weighted by Crippen LogP contribution is 2.28. The van der Waals surface area contributed by atoms with Crippen LogP contribution in [0.3, 0.4) is 0 Å². The molecule has 12 heavy (non-hydrogen) atoms. The Bertz CT molecular complexity index is 311. The second kappa shape index (κ2) is 2.60. The van der Waals surface area contributed by atoms with Gasteiger partial charge in [0.2, 0.25) is 6.41 Å². The molecule has 0 bridgehead atoms. The molecule has 1 N–H and O–H groups in total. The molecule has 1 aromatic rings. The number of fused-ring (bicyclic) bond motifs is 1. The van der Waals surface area contributed by atoms with Crippen molar-refractivity contribution in [1.82, 2.24) is 0 Å². The van der Waals surface area contributed by atoms with Gasteiger partial charge in [-0.3, -0.25) is 9.69 Å². The van der Waals surface area contributed by atoms with Gasteiger partial charge >= 0.3 is 0 Å². The lowest BCUT2D eigenvalue weighted by Crippen LogP contribution is -2.29. The number of amides is 1. The van der Waals surface area contributed by atoms with E-state index in [2.05, 4.69) is 0 Å². The number of nitrogens with zero attached hydrogens (tertiary/aromatic N) is 1. The van der Waals surface area contributed by atoms with E-state index < -0.39 is 6.23 Å². The predicted molar refractivity (Wildman–Crippen MR) is 44.7 cm³/mol. The molecular weight excluding hydrogens is 154 g/mol. The first kappa shape index (κ1) is 7.31. The van der Waals surface area contributed by atoms with Crippen molar-refractivity contribution in [2.45, 2.75) is 12.6 Å². The monoisotopic (exact) mass is 163 g/mol. The summed E-state index contributed by atoms with van der Waals surface area (Å²) in [7, 11) is 0.